The third-order valence-electron chi connectivity index (χ3n) is 1.41. The molecule has 0 bridgehead atoms. The number of carboxylic acid groups (broad SMARTS) is 1. The van der Waals surface area contributed by atoms with Crippen molar-refractivity contribution in [1.82, 2.24) is 0 Å². The molecule has 1 amide bonds. The van der Waals surface area contributed by atoms with Gasteiger partial charge in [-0.05, 0) is 6.07 Å². The molecule has 4 nitrogen and oxygen atoms in total. The van der Waals surface area contributed by atoms with E-state index in [1.165, 1.54) is 6.07 Å². The van der Waals surface area contributed by atoms with Crippen molar-refractivity contribution < 1.29 is 18.7 Å². The van der Waals surface area contributed by atoms with Crippen LogP contribution < -0.4 is 5.32 Å². The minimum absolute atomic E-state index is 0.398. The smallest absolute Gasteiger partial charge is 0.409 e. The molecule has 0 aliphatic carbocycles. The van der Waals surface area contributed by atoms with Gasteiger partial charge in [0, 0.05) is 6.07 Å². The predicted octanol–water partition coefficient (Wildman–Crippen LogP) is 1.93. The van der Waals surface area contributed by atoms with Crippen LogP contribution in [0.4, 0.5) is 19.3 Å². The Labute approximate surface area is 77.4 Å². The Morgan fingerprint density at radius 1 is 1.50 bits per heavy atom. The molecule has 0 spiro atoms. The minimum Gasteiger partial charge on any atom is -0.465 e. The van der Waals surface area contributed by atoms with Crippen molar-refractivity contribution in [3.63, 3.8) is 0 Å². The number of nitrogens with zero attached hydrogens (tertiary/aromatic N) is 1. The van der Waals surface area contributed by atoms with E-state index in [1.54, 1.807) is 5.32 Å². The van der Waals surface area contributed by atoms with E-state index in [1.807, 2.05) is 0 Å². The van der Waals surface area contributed by atoms with Gasteiger partial charge in [-0.1, -0.05) is 0 Å². The molecule has 0 saturated carbocycles. The maximum absolute atomic E-state index is 12.9. The van der Waals surface area contributed by atoms with Crippen molar-refractivity contribution in [3.8, 4) is 6.07 Å². The van der Waals surface area contributed by atoms with Crippen molar-refractivity contribution in [3.05, 3.63) is 29.3 Å². The largest absolute Gasteiger partial charge is 0.465 e. The third kappa shape index (κ3) is 1.95. The fraction of sp³-hybridized carbons (Fsp3) is 0. The van der Waals surface area contributed by atoms with Gasteiger partial charge in [0.1, 0.15) is 11.9 Å². The van der Waals surface area contributed by atoms with E-state index in [0.29, 0.717) is 6.07 Å². The van der Waals surface area contributed by atoms with Crippen LogP contribution in [0.1, 0.15) is 5.56 Å². The molecule has 14 heavy (non-hydrogen) atoms. The molecule has 0 aliphatic heterocycles. The minimum atomic E-state index is -1.52. The summed E-state index contributed by atoms with van der Waals surface area (Å²) in [5, 5.41) is 18.4. The van der Waals surface area contributed by atoms with Crippen LogP contribution >= 0.6 is 0 Å². The summed E-state index contributed by atoms with van der Waals surface area (Å²) in [7, 11) is 0. The summed E-state index contributed by atoms with van der Waals surface area (Å²) < 4.78 is 25.5. The quantitative estimate of drug-likeness (QED) is 0.723. The molecule has 2 N–H and O–H groups in total. The lowest BCUT2D eigenvalue weighted by Gasteiger charge is -2.04. The first-order valence-corrected chi connectivity index (χ1v) is 3.43. The topological polar surface area (TPSA) is 73.1 Å². The van der Waals surface area contributed by atoms with Crippen LogP contribution in [0.25, 0.3) is 0 Å². The van der Waals surface area contributed by atoms with E-state index in [-0.39, 0.29) is 0 Å². The zero-order valence-electron chi connectivity index (χ0n) is 6.71. The van der Waals surface area contributed by atoms with Gasteiger partial charge in [-0.2, -0.15) is 5.26 Å². The molecule has 0 saturated heterocycles. The summed E-state index contributed by atoms with van der Waals surface area (Å²) in [4.78, 5) is 10.2. The van der Waals surface area contributed by atoms with Crippen molar-refractivity contribution in [2.75, 3.05) is 5.32 Å². The normalized spacial score (nSPS) is 9.21. The number of hydrogen-bond donors (Lipinski definition) is 2. The predicted molar refractivity (Wildman–Crippen MR) is 42.7 cm³/mol. The van der Waals surface area contributed by atoms with Gasteiger partial charge >= 0.3 is 6.09 Å². The van der Waals surface area contributed by atoms with Crippen molar-refractivity contribution in [1.29, 1.82) is 5.26 Å². The van der Waals surface area contributed by atoms with Gasteiger partial charge in [0.25, 0.3) is 0 Å². The molecule has 0 aromatic heterocycles. The summed E-state index contributed by atoms with van der Waals surface area (Å²) in [6.07, 6.45) is -1.52. The van der Waals surface area contributed by atoms with Crippen LogP contribution in [0.15, 0.2) is 12.1 Å². The van der Waals surface area contributed by atoms with Crippen LogP contribution in [0.5, 0.6) is 0 Å². The zero-order chi connectivity index (χ0) is 10.7. The Hall–Kier alpha value is -2.16. The Balaban J connectivity index is 3.27. The Morgan fingerprint density at radius 3 is 2.64 bits per heavy atom. The molecular weight excluding hydrogens is 194 g/mol. The van der Waals surface area contributed by atoms with Gasteiger partial charge in [0.15, 0.2) is 5.82 Å². The molecule has 1 aromatic carbocycles. The molecule has 1 rings (SSSR count). The number of benzene rings is 1. The van der Waals surface area contributed by atoms with E-state index < -0.39 is 29.0 Å². The highest BCUT2D eigenvalue weighted by molar-refractivity contribution is 5.85. The Bertz CT molecular complexity index is 426. The van der Waals surface area contributed by atoms with Gasteiger partial charge in [0.2, 0.25) is 0 Å². The highest BCUT2D eigenvalue weighted by Gasteiger charge is 2.12. The summed E-state index contributed by atoms with van der Waals surface area (Å²) in [6, 6.07) is 2.71. The maximum atomic E-state index is 12.9. The Morgan fingerprint density at radius 2 is 2.14 bits per heavy atom. The van der Waals surface area contributed by atoms with E-state index in [2.05, 4.69) is 0 Å². The van der Waals surface area contributed by atoms with E-state index >= 15 is 0 Å². The zero-order valence-corrected chi connectivity index (χ0v) is 6.71. The van der Waals surface area contributed by atoms with Gasteiger partial charge < -0.3 is 5.11 Å². The number of halogens is 2. The summed E-state index contributed by atoms with van der Waals surface area (Å²) in [5.41, 5.74) is -0.939. The summed E-state index contributed by atoms with van der Waals surface area (Å²) in [6.45, 7) is 0. The van der Waals surface area contributed by atoms with E-state index in [0.717, 1.165) is 6.07 Å². The van der Waals surface area contributed by atoms with Crippen LogP contribution in [0.3, 0.4) is 0 Å². The lowest BCUT2D eigenvalue weighted by Crippen LogP contribution is -2.10. The maximum Gasteiger partial charge on any atom is 0.409 e. The fourth-order valence-electron chi connectivity index (χ4n) is 0.896. The van der Waals surface area contributed by atoms with Crippen molar-refractivity contribution in [2.45, 2.75) is 0 Å². The second kappa shape index (κ2) is 3.70. The second-order valence-electron chi connectivity index (χ2n) is 2.35. The summed E-state index contributed by atoms with van der Waals surface area (Å²) >= 11 is 0. The number of carbonyl (C=O) groups is 1. The van der Waals surface area contributed by atoms with Crippen molar-refractivity contribution in [2.24, 2.45) is 0 Å². The average Bonchev–Trinajstić information content (AvgIpc) is 2.08. The van der Waals surface area contributed by atoms with Crippen molar-refractivity contribution >= 4 is 11.8 Å². The average molecular weight is 198 g/mol. The molecule has 0 heterocycles. The molecular formula is C8H4F2N2O2. The molecule has 0 atom stereocenters. The highest BCUT2D eigenvalue weighted by Crippen LogP contribution is 2.20. The van der Waals surface area contributed by atoms with Crippen LogP contribution in [-0.4, -0.2) is 11.2 Å². The standard InChI is InChI=1S/C8H4F2N2O2/c9-5-1-4(3-11)7(6(10)2-5)12-8(13)14/h1-2,12H,(H,13,14). The molecule has 0 radical (unpaired) electrons. The van der Waals surface area contributed by atoms with Gasteiger partial charge in [-0.15, -0.1) is 0 Å². The lowest BCUT2D eigenvalue weighted by atomic mass is 10.2. The first kappa shape index (κ1) is 9.92. The van der Waals surface area contributed by atoms with Crippen LogP contribution in [0.2, 0.25) is 0 Å². The van der Waals surface area contributed by atoms with E-state index in [4.69, 9.17) is 10.4 Å². The van der Waals surface area contributed by atoms with E-state index in [9.17, 15) is 13.6 Å². The Kier molecular flexibility index (Phi) is 2.62. The number of nitriles is 1. The first-order chi connectivity index (χ1) is 6.54. The second-order valence-corrected chi connectivity index (χ2v) is 2.35. The monoisotopic (exact) mass is 198 g/mol. The van der Waals surface area contributed by atoms with Gasteiger partial charge in [0.05, 0.1) is 11.3 Å². The summed E-state index contributed by atoms with van der Waals surface area (Å²) in [5.74, 6) is -2.06. The highest BCUT2D eigenvalue weighted by atomic mass is 19.1. The molecule has 6 heteroatoms. The van der Waals surface area contributed by atoms with Gasteiger partial charge in [-0.3, -0.25) is 5.32 Å². The molecule has 1 aromatic rings. The van der Waals surface area contributed by atoms with Gasteiger partial charge in [-0.25, -0.2) is 13.6 Å². The molecule has 0 aliphatic rings. The molecule has 0 unspecified atom stereocenters. The third-order valence-corrected chi connectivity index (χ3v) is 1.41. The molecule has 0 fully saturated rings. The lowest BCUT2D eigenvalue weighted by molar-refractivity contribution is 0.209. The number of hydrogen-bond acceptors (Lipinski definition) is 2. The number of amides is 1. The fourth-order valence-corrected chi connectivity index (χ4v) is 0.896. The SMILES string of the molecule is N#Cc1cc(F)cc(F)c1NC(=O)O. The molecule has 72 valence electrons. The van der Waals surface area contributed by atoms with Crippen LogP contribution in [0, 0.1) is 23.0 Å². The number of nitrogens with one attached hydrogen (secondary N) is 1. The first-order valence-electron chi connectivity index (χ1n) is 3.43. The van der Waals surface area contributed by atoms with Crippen LogP contribution in [-0.2, 0) is 0 Å². The number of anilines is 1. The number of rotatable bonds is 1.